The van der Waals surface area contributed by atoms with Crippen LogP contribution in [-0.2, 0) is 9.53 Å². The summed E-state index contributed by atoms with van der Waals surface area (Å²) in [4.78, 5) is 23.0. The van der Waals surface area contributed by atoms with Crippen molar-refractivity contribution in [1.29, 1.82) is 0 Å². The maximum Gasteiger partial charge on any atom is 0.251 e. The highest BCUT2D eigenvalue weighted by Gasteiger charge is 2.06. The van der Waals surface area contributed by atoms with E-state index in [-0.39, 0.29) is 17.7 Å². The zero-order chi connectivity index (χ0) is 14.1. The summed E-state index contributed by atoms with van der Waals surface area (Å²) in [5.74, 6) is -0.637. The van der Waals surface area contributed by atoms with Crippen LogP contribution in [0, 0.1) is 0 Å². The van der Waals surface area contributed by atoms with Crippen LogP contribution in [0.15, 0.2) is 24.3 Å². The molecule has 5 nitrogen and oxygen atoms in total. The summed E-state index contributed by atoms with van der Waals surface area (Å²) >= 11 is 5.40. The Morgan fingerprint density at radius 1 is 1.37 bits per heavy atom. The van der Waals surface area contributed by atoms with Crippen LogP contribution in [0.2, 0.25) is 0 Å². The fourth-order valence-electron chi connectivity index (χ4n) is 1.42. The Labute approximate surface area is 117 Å². The van der Waals surface area contributed by atoms with Crippen molar-refractivity contribution in [3.05, 3.63) is 29.8 Å². The first-order valence-corrected chi connectivity index (χ1v) is 6.52. The zero-order valence-electron chi connectivity index (χ0n) is 10.7. The maximum absolute atomic E-state index is 11.8. The predicted molar refractivity (Wildman–Crippen MR) is 74.6 cm³/mol. The number of amides is 2. The van der Waals surface area contributed by atoms with Crippen molar-refractivity contribution in [3.8, 4) is 0 Å². The van der Waals surface area contributed by atoms with E-state index < -0.39 is 0 Å². The third-order valence-electron chi connectivity index (χ3n) is 2.27. The molecule has 0 aliphatic heterocycles. The third kappa shape index (κ3) is 5.72. The fraction of sp³-hybridized carbons (Fsp3) is 0.385. The van der Waals surface area contributed by atoms with Gasteiger partial charge >= 0.3 is 0 Å². The number of ether oxygens (including phenoxy) is 1. The van der Waals surface area contributed by atoms with E-state index in [2.05, 4.69) is 10.6 Å². The highest BCUT2D eigenvalue weighted by molar-refractivity contribution is 6.29. The van der Waals surface area contributed by atoms with Gasteiger partial charge in [0.05, 0.1) is 6.61 Å². The van der Waals surface area contributed by atoms with E-state index in [0.717, 1.165) is 0 Å². The Morgan fingerprint density at radius 2 is 2.16 bits per heavy atom. The van der Waals surface area contributed by atoms with E-state index in [1.807, 2.05) is 6.92 Å². The molecule has 2 N–H and O–H groups in total. The van der Waals surface area contributed by atoms with Gasteiger partial charge in [0.25, 0.3) is 5.91 Å². The Kier molecular flexibility index (Phi) is 6.92. The molecule has 0 bridgehead atoms. The summed E-state index contributed by atoms with van der Waals surface area (Å²) in [6, 6.07) is 6.66. The first kappa shape index (κ1) is 15.5. The molecule has 0 aromatic heterocycles. The molecule has 0 aliphatic carbocycles. The van der Waals surface area contributed by atoms with Gasteiger partial charge in [0.15, 0.2) is 0 Å². The molecule has 1 rings (SSSR count). The third-order valence-corrected chi connectivity index (χ3v) is 2.51. The van der Waals surface area contributed by atoms with Crippen LogP contribution < -0.4 is 10.6 Å². The van der Waals surface area contributed by atoms with Gasteiger partial charge in [0.2, 0.25) is 5.91 Å². The minimum atomic E-state index is -0.310. The van der Waals surface area contributed by atoms with Gasteiger partial charge < -0.3 is 15.4 Å². The average molecular weight is 285 g/mol. The molecule has 0 fully saturated rings. The van der Waals surface area contributed by atoms with Gasteiger partial charge in [-0.05, 0) is 25.1 Å². The van der Waals surface area contributed by atoms with E-state index in [9.17, 15) is 9.59 Å². The molecule has 0 unspecified atom stereocenters. The monoisotopic (exact) mass is 284 g/mol. The Morgan fingerprint density at radius 3 is 2.84 bits per heavy atom. The molecule has 104 valence electrons. The molecule has 0 saturated heterocycles. The lowest BCUT2D eigenvalue weighted by atomic mass is 10.2. The van der Waals surface area contributed by atoms with Gasteiger partial charge in [-0.1, -0.05) is 6.07 Å². The molecule has 0 heterocycles. The van der Waals surface area contributed by atoms with Gasteiger partial charge in [-0.2, -0.15) is 0 Å². The van der Waals surface area contributed by atoms with Crippen LogP contribution in [0.25, 0.3) is 0 Å². The summed E-state index contributed by atoms with van der Waals surface area (Å²) < 4.78 is 5.12. The van der Waals surface area contributed by atoms with E-state index in [1.165, 1.54) is 0 Å². The smallest absolute Gasteiger partial charge is 0.251 e. The van der Waals surface area contributed by atoms with Crippen LogP contribution in [0.1, 0.15) is 17.3 Å². The number of rotatable bonds is 7. The van der Waals surface area contributed by atoms with Crippen molar-refractivity contribution in [1.82, 2.24) is 5.32 Å². The summed E-state index contributed by atoms with van der Waals surface area (Å²) in [5, 5.41) is 5.31. The molecule has 6 heteroatoms. The van der Waals surface area contributed by atoms with Crippen molar-refractivity contribution < 1.29 is 14.3 Å². The SMILES string of the molecule is CCOCCNC(=O)c1cccc(NC(=O)CCl)c1. The van der Waals surface area contributed by atoms with Gasteiger partial charge in [0.1, 0.15) is 5.88 Å². The molecule has 0 saturated carbocycles. The Hall–Kier alpha value is -1.59. The number of halogens is 1. The van der Waals surface area contributed by atoms with Crippen molar-refractivity contribution in [2.24, 2.45) is 0 Å². The number of benzene rings is 1. The van der Waals surface area contributed by atoms with Crippen molar-refractivity contribution in [3.63, 3.8) is 0 Å². The number of carbonyl (C=O) groups is 2. The normalized spacial score (nSPS) is 10.0. The van der Waals surface area contributed by atoms with Gasteiger partial charge in [0, 0.05) is 24.4 Å². The molecular formula is C13H17ClN2O3. The number of carbonyl (C=O) groups excluding carboxylic acids is 2. The maximum atomic E-state index is 11.8. The van der Waals surface area contributed by atoms with Gasteiger partial charge in [-0.3, -0.25) is 9.59 Å². The molecule has 0 atom stereocenters. The minimum Gasteiger partial charge on any atom is -0.380 e. The highest BCUT2D eigenvalue weighted by atomic mass is 35.5. The first-order chi connectivity index (χ1) is 9.17. The molecule has 2 amide bonds. The second-order valence-electron chi connectivity index (χ2n) is 3.72. The molecule has 1 aromatic rings. The van der Waals surface area contributed by atoms with Gasteiger partial charge in [-0.25, -0.2) is 0 Å². The zero-order valence-corrected chi connectivity index (χ0v) is 11.5. The highest BCUT2D eigenvalue weighted by Crippen LogP contribution is 2.10. The van der Waals surface area contributed by atoms with Crippen molar-refractivity contribution in [2.45, 2.75) is 6.92 Å². The second kappa shape index (κ2) is 8.50. The molecule has 0 spiro atoms. The lowest BCUT2D eigenvalue weighted by Gasteiger charge is -2.07. The molecule has 0 aliphatic rings. The summed E-state index contributed by atoms with van der Waals surface area (Å²) in [7, 11) is 0. The van der Waals surface area contributed by atoms with Crippen molar-refractivity contribution >= 4 is 29.1 Å². The average Bonchev–Trinajstić information content (AvgIpc) is 2.43. The molecule has 0 radical (unpaired) electrons. The Bertz CT molecular complexity index is 438. The number of nitrogens with one attached hydrogen (secondary N) is 2. The summed E-state index contributed by atoms with van der Waals surface area (Å²) in [6.45, 7) is 3.44. The predicted octanol–water partition coefficient (Wildman–Crippen LogP) is 1.63. The molecular weight excluding hydrogens is 268 g/mol. The van der Waals surface area contributed by atoms with Crippen molar-refractivity contribution in [2.75, 3.05) is 31.0 Å². The first-order valence-electron chi connectivity index (χ1n) is 5.99. The number of alkyl halides is 1. The van der Waals surface area contributed by atoms with E-state index in [0.29, 0.717) is 31.0 Å². The van der Waals surface area contributed by atoms with Crippen LogP contribution in [-0.4, -0.2) is 37.5 Å². The standard InChI is InChI=1S/C13H17ClN2O3/c1-2-19-7-6-15-13(18)10-4-3-5-11(8-10)16-12(17)9-14/h3-5,8H,2,6-7,9H2,1H3,(H,15,18)(H,16,17). The summed E-state index contributed by atoms with van der Waals surface area (Å²) in [6.07, 6.45) is 0. The van der Waals surface area contributed by atoms with Crippen LogP contribution in [0.3, 0.4) is 0 Å². The number of anilines is 1. The van der Waals surface area contributed by atoms with Crippen LogP contribution in [0.5, 0.6) is 0 Å². The van der Waals surface area contributed by atoms with E-state index in [4.69, 9.17) is 16.3 Å². The van der Waals surface area contributed by atoms with Crippen LogP contribution in [0.4, 0.5) is 5.69 Å². The number of hydrogen-bond donors (Lipinski definition) is 2. The number of hydrogen-bond acceptors (Lipinski definition) is 3. The second-order valence-corrected chi connectivity index (χ2v) is 3.98. The van der Waals surface area contributed by atoms with Crippen LogP contribution >= 0.6 is 11.6 Å². The lowest BCUT2D eigenvalue weighted by molar-refractivity contribution is -0.113. The minimum absolute atomic E-state index is 0.120. The Balaban J connectivity index is 2.55. The largest absolute Gasteiger partial charge is 0.380 e. The summed E-state index contributed by atoms with van der Waals surface area (Å²) in [5.41, 5.74) is 1.02. The van der Waals surface area contributed by atoms with E-state index in [1.54, 1.807) is 24.3 Å². The lowest BCUT2D eigenvalue weighted by Crippen LogP contribution is -2.27. The topological polar surface area (TPSA) is 67.4 Å². The fourth-order valence-corrected chi connectivity index (χ4v) is 1.48. The molecule has 19 heavy (non-hydrogen) atoms. The van der Waals surface area contributed by atoms with E-state index >= 15 is 0 Å². The van der Waals surface area contributed by atoms with Gasteiger partial charge in [-0.15, -0.1) is 11.6 Å². The molecule has 1 aromatic carbocycles. The quantitative estimate of drug-likeness (QED) is 0.591.